The fourth-order valence-corrected chi connectivity index (χ4v) is 1.07. The van der Waals surface area contributed by atoms with Gasteiger partial charge in [0.2, 0.25) is 5.75 Å². The number of hydrogen-bond acceptors (Lipinski definition) is 4. The van der Waals surface area contributed by atoms with Gasteiger partial charge in [-0.05, 0) is 12.1 Å². The van der Waals surface area contributed by atoms with Crippen molar-refractivity contribution < 1.29 is 24.5 Å². The highest BCUT2D eigenvalue weighted by molar-refractivity contribution is 6.32. The topological polar surface area (TPSA) is 72.8 Å². The third-order valence-electron chi connectivity index (χ3n) is 1.44. The monoisotopic (exact) mass is 230 g/mol. The first kappa shape index (κ1) is 11.3. The minimum Gasteiger partial charge on any atom is -0.478 e. The van der Waals surface area contributed by atoms with Gasteiger partial charge in [-0.15, -0.1) is 0 Å². The van der Waals surface area contributed by atoms with Crippen LogP contribution in [0, 0.1) is 0 Å². The number of hydrogen-bond donors (Lipinski definition) is 1. The molecule has 0 spiro atoms. The number of carboxylic acids is 1. The maximum Gasteiger partial charge on any atom is 0.352 e. The third kappa shape index (κ3) is 2.85. The number of carbonyl (C=O) groups excluding carboxylic acids is 1. The van der Waals surface area contributed by atoms with Crippen molar-refractivity contribution in [3.05, 3.63) is 28.8 Å². The summed E-state index contributed by atoms with van der Waals surface area (Å²) < 4.78 is 0. The van der Waals surface area contributed by atoms with Crippen molar-refractivity contribution in [2.45, 2.75) is 6.92 Å². The summed E-state index contributed by atoms with van der Waals surface area (Å²) in [7, 11) is 0. The zero-order chi connectivity index (χ0) is 11.4. The van der Waals surface area contributed by atoms with E-state index < -0.39 is 11.9 Å². The minimum absolute atomic E-state index is 0.0520. The molecule has 80 valence electrons. The number of aromatic carboxylic acids is 1. The first-order valence-corrected chi connectivity index (χ1v) is 4.27. The van der Waals surface area contributed by atoms with Gasteiger partial charge in [-0.25, -0.2) is 9.59 Å². The normalized spacial score (nSPS) is 9.47. The zero-order valence-electron chi connectivity index (χ0n) is 7.69. The van der Waals surface area contributed by atoms with Crippen molar-refractivity contribution in [2.24, 2.45) is 0 Å². The Kier molecular flexibility index (Phi) is 3.51. The Labute approximate surface area is 90.1 Å². The average molecular weight is 231 g/mol. The number of para-hydroxylation sites is 1. The molecule has 1 rings (SSSR count). The van der Waals surface area contributed by atoms with Gasteiger partial charge in [0.05, 0.1) is 5.02 Å². The smallest absolute Gasteiger partial charge is 0.352 e. The van der Waals surface area contributed by atoms with E-state index in [-0.39, 0.29) is 16.3 Å². The predicted molar refractivity (Wildman–Crippen MR) is 50.8 cm³/mol. The summed E-state index contributed by atoms with van der Waals surface area (Å²) in [5, 5.41) is 8.83. The molecule has 0 aliphatic carbocycles. The van der Waals surface area contributed by atoms with Crippen LogP contribution in [0.1, 0.15) is 17.3 Å². The fourth-order valence-electron chi connectivity index (χ4n) is 0.862. The van der Waals surface area contributed by atoms with E-state index in [0.29, 0.717) is 0 Å². The van der Waals surface area contributed by atoms with Gasteiger partial charge in [-0.3, -0.25) is 9.78 Å². The van der Waals surface area contributed by atoms with Gasteiger partial charge in [-0.1, -0.05) is 17.7 Å². The molecule has 0 bridgehead atoms. The predicted octanol–water partition coefficient (Wildman–Crippen LogP) is 1.90. The molecular weight excluding hydrogens is 224 g/mol. The molecule has 0 fully saturated rings. The van der Waals surface area contributed by atoms with Crippen molar-refractivity contribution in [1.29, 1.82) is 0 Å². The highest BCUT2D eigenvalue weighted by Crippen LogP contribution is 2.28. The molecule has 0 saturated carbocycles. The summed E-state index contributed by atoms with van der Waals surface area (Å²) in [6.45, 7) is 1.12. The molecule has 1 N–H and O–H groups in total. The van der Waals surface area contributed by atoms with Crippen molar-refractivity contribution >= 4 is 23.5 Å². The molecule has 0 unspecified atom stereocenters. The highest BCUT2D eigenvalue weighted by atomic mass is 35.5. The van der Waals surface area contributed by atoms with Crippen LogP contribution in [-0.2, 0) is 9.68 Å². The fraction of sp³-hybridized carbons (Fsp3) is 0.111. The lowest BCUT2D eigenvalue weighted by Gasteiger charge is -2.06. The van der Waals surface area contributed by atoms with Crippen LogP contribution in [0.3, 0.4) is 0 Å². The van der Waals surface area contributed by atoms with E-state index in [0.717, 1.165) is 6.92 Å². The average Bonchev–Trinajstić information content (AvgIpc) is 2.15. The van der Waals surface area contributed by atoms with E-state index in [1.54, 1.807) is 0 Å². The Morgan fingerprint density at radius 1 is 1.40 bits per heavy atom. The summed E-state index contributed by atoms with van der Waals surface area (Å²) >= 11 is 5.68. The van der Waals surface area contributed by atoms with Gasteiger partial charge >= 0.3 is 11.9 Å². The first-order valence-electron chi connectivity index (χ1n) is 3.89. The lowest BCUT2D eigenvalue weighted by molar-refractivity contribution is -0.211. The van der Waals surface area contributed by atoms with Crippen molar-refractivity contribution in [3.8, 4) is 5.75 Å². The maximum atomic E-state index is 10.7. The van der Waals surface area contributed by atoms with Gasteiger partial charge in [0.15, 0.2) is 0 Å². The quantitative estimate of drug-likeness (QED) is 0.634. The van der Waals surface area contributed by atoms with Crippen LogP contribution >= 0.6 is 11.6 Å². The SMILES string of the molecule is CC(=O)OOc1c(Cl)cccc1C(=O)O. The second-order valence-corrected chi connectivity index (χ2v) is 2.99. The molecule has 0 aliphatic rings. The molecule has 0 heterocycles. The highest BCUT2D eigenvalue weighted by Gasteiger charge is 2.16. The van der Waals surface area contributed by atoms with E-state index in [4.69, 9.17) is 16.7 Å². The number of rotatable bonds is 3. The molecule has 0 amide bonds. The van der Waals surface area contributed by atoms with Crippen LogP contribution in [0.2, 0.25) is 5.02 Å². The second-order valence-electron chi connectivity index (χ2n) is 2.58. The third-order valence-corrected chi connectivity index (χ3v) is 1.74. The largest absolute Gasteiger partial charge is 0.478 e. The van der Waals surface area contributed by atoms with E-state index in [1.165, 1.54) is 18.2 Å². The van der Waals surface area contributed by atoms with E-state index in [1.807, 2.05) is 0 Å². The maximum absolute atomic E-state index is 10.7. The van der Waals surface area contributed by atoms with Crippen LogP contribution in [0.5, 0.6) is 5.75 Å². The lowest BCUT2D eigenvalue weighted by atomic mass is 10.2. The van der Waals surface area contributed by atoms with Gasteiger partial charge < -0.3 is 5.11 Å². The van der Waals surface area contributed by atoms with Crippen LogP contribution in [0.15, 0.2) is 18.2 Å². The van der Waals surface area contributed by atoms with E-state index in [9.17, 15) is 9.59 Å². The van der Waals surface area contributed by atoms with E-state index in [2.05, 4.69) is 9.78 Å². The molecule has 0 atom stereocenters. The Hall–Kier alpha value is -1.75. The molecule has 15 heavy (non-hydrogen) atoms. The zero-order valence-corrected chi connectivity index (χ0v) is 8.45. The summed E-state index contributed by atoms with van der Waals surface area (Å²) in [4.78, 5) is 30.0. The number of benzene rings is 1. The van der Waals surface area contributed by atoms with Gasteiger partial charge in [0.25, 0.3) is 0 Å². The lowest BCUT2D eigenvalue weighted by Crippen LogP contribution is -2.07. The van der Waals surface area contributed by atoms with Crippen molar-refractivity contribution in [2.75, 3.05) is 0 Å². The van der Waals surface area contributed by atoms with Crippen LogP contribution < -0.4 is 4.89 Å². The van der Waals surface area contributed by atoms with E-state index >= 15 is 0 Å². The first-order chi connectivity index (χ1) is 7.02. The van der Waals surface area contributed by atoms with Gasteiger partial charge in [0.1, 0.15) is 5.56 Å². The summed E-state index contributed by atoms with van der Waals surface area (Å²) in [6, 6.07) is 4.16. The molecule has 0 saturated heterocycles. The standard InChI is InChI=1S/C9H7ClO5/c1-5(11)14-15-8-6(9(12)13)3-2-4-7(8)10/h2-4H,1H3,(H,12,13). The second kappa shape index (κ2) is 4.65. The summed E-state index contributed by atoms with van der Waals surface area (Å²) in [5.41, 5.74) is -0.177. The van der Waals surface area contributed by atoms with Crippen LogP contribution in [0.25, 0.3) is 0 Å². The Balaban J connectivity index is 3.02. The Morgan fingerprint density at radius 3 is 2.60 bits per heavy atom. The molecule has 1 aromatic rings. The molecule has 6 heteroatoms. The number of carboxylic acid groups (broad SMARTS) is 1. The van der Waals surface area contributed by atoms with Crippen molar-refractivity contribution in [3.63, 3.8) is 0 Å². The summed E-state index contributed by atoms with van der Waals surface area (Å²) in [6.07, 6.45) is 0. The van der Waals surface area contributed by atoms with Gasteiger partial charge in [-0.2, -0.15) is 0 Å². The van der Waals surface area contributed by atoms with Crippen LogP contribution in [-0.4, -0.2) is 17.0 Å². The molecular formula is C9H7ClO5. The van der Waals surface area contributed by atoms with Crippen molar-refractivity contribution in [1.82, 2.24) is 0 Å². The van der Waals surface area contributed by atoms with Gasteiger partial charge in [0, 0.05) is 6.92 Å². The Morgan fingerprint density at radius 2 is 2.07 bits per heavy atom. The molecule has 0 aliphatic heterocycles. The molecule has 1 aromatic carbocycles. The minimum atomic E-state index is -1.22. The molecule has 0 aromatic heterocycles. The Bertz CT molecular complexity index is 401. The summed E-state index contributed by atoms with van der Waals surface area (Å²) in [5.74, 6) is -2.12. The molecule has 5 nitrogen and oxygen atoms in total. The number of halogens is 1. The number of carbonyl (C=O) groups is 2. The molecule has 0 radical (unpaired) electrons. The van der Waals surface area contributed by atoms with Crippen LogP contribution in [0.4, 0.5) is 0 Å².